The van der Waals surface area contributed by atoms with Crippen molar-refractivity contribution in [2.24, 2.45) is 10.8 Å². The lowest BCUT2D eigenvalue weighted by molar-refractivity contribution is -0.245. The lowest BCUT2D eigenvalue weighted by Crippen LogP contribution is -2.53. The minimum atomic E-state index is -2.08. The van der Waals surface area contributed by atoms with Gasteiger partial charge >= 0.3 is 5.76 Å². The molecule has 324 valence electrons. The molecule has 4 aromatic carbocycles. The molecule has 0 spiro atoms. The number of aromatic hydroxyl groups is 2. The Balaban J connectivity index is 1.03. The van der Waals surface area contributed by atoms with Gasteiger partial charge in [0.15, 0.2) is 35.8 Å². The number of benzene rings is 4. The molecule has 3 aliphatic rings. The monoisotopic (exact) mass is 852 g/mol. The van der Waals surface area contributed by atoms with E-state index in [0.29, 0.717) is 16.7 Å². The van der Waals surface area contributed by atoms with E-state index >= 15 is 0 Å². The summed E-state index contributed by atoms with van der Waals surface area (Å²) in [5, 5.41) is 59.8. The molecular formula is C44H44N4O14. The van der Waals surface area contributed by atoms with E-state index < -0.39 is 84.9 Å². The lowest BCUT2D eigenvalue weighted by Gasteiger charge is -2.42. The summed E-state index contributed by atoms with van der Waals surface area (Å²) in [4.78, 5) is 53.4. The minimum Gasteiger partial charge on any atom is -0.507 e. The first-order chi connectivity index (χ1) is 29.6. The van der Waals surface area contributed by atoms with Gasteiger partial charge in [-0.2, -0.15) is 5.10 Å². The lowest BCUT2D eigenvalue weighted by atomic mass is 9.72. The molecule has 2 aliphatic carbocycles. The number of ketones is 2. The van der Waals surface area contributed by atoms with Crippen molar-refractivity contribution in [3.63, 3.8) is 0 Å². The molecule has 0 bridgehead atoms. The number of nitrogens with zero attached hydrogens (tertiary/aromatic N) is 2. The third-order valence-corrected chi connectivity index (χ3v) is 11.6. The summed E-state index contributed by atoms with van der Waals surface area (Å²) >= 11 is 0. The second-order valence-corrected chi connectivity index (χ2v) is 15.7. The number of carbonyl (C=O) groups is 3. The number of carbonyl (C=O) groups excluding carboxylic acids is 3. The number of hydrogen-bond acceptors (Lipinski definition) is 16. The number of ether oxygens (including phenoxy) is 4. The van der Waals surface area contributed by atoms with Crippen LogP contribution in [0.5, 0.6) is 23.0 Å². The van der Waals surface area contributed by atoms with Crippen LogP contribution in [0.3, 0.4) is 0 Å². The molecule has 1 amide bonds. The highest BCUT2D eigenvalue weighted by atomic mass is 16.7. The Morgan fingerprint density at radius 2 is 1.82 bits per heavy atom. The molecule has 1 saturated heterocycles. The van der Waals surface area contributed by atoms with Gasteiger partial charge in [0.25, 0.3) is 5.91 Å². The van der Waals surface area contributed by atoms with Crippen LogP contribution in [-0.4, -0.2) is 104 Å². The number of aliphatic hydroxyl groups excluding tert-OH is 2. The summed E-state index contributed by atoms with van der Waals surface area (Å²) in [6, 6.07) is 14.9. The Kier molecular flexibility index (Phi) is 11.2. The van der Waals surface area contributed by atoms with Crippen LogP contribution in [0.25, 0.3) is 11.1 Å². The zero-order valence-corrected chi connectivity index (χ0v) is 33.8. The number of aromatic nitrogens is 1. The number of aliphatic hydroxyl groups is 3. The molecule has 18 heteroatoms. The minimum absolute atomic E-state index is 0.0140. The van der Waals surface area contributed by atoms with Crippen molar-refractivity contribution >= 4 is 34.3 Å². The molecule has 1 aromatic heterocycles. The van der Waals surface area contributed by atoms with Gasteiger partial charge in [-0.05, 0) is 66.9 Å². The van der Waals surface area contributed by atoms with Gasteiger partial charge in [0.05, 0.1) is 60.9 Å². The van der Waals surface area contributed by atoms with E-state index in [1.54, 1.807) is 25.1 Å². The molecule has 2 heterocycles. The first-order valence-corrected chi connectivity index (χ1v) is 19.7. The summed E-state index contributed by atoms with van der Waals surface area (Å²) in [5.74, 6) is -3.43. The molecule has 0 radical (unpaired) electrons. The van der Waals surface area contributed by atoms with Crippen molar-refractivity contribution in [2.75, 3.05) is 20.3 Å². The Bertz CT molecular complexity index is 2710. The summed E-state index contributed by atoms with van der Waals surface area (Å²) in [6.45, 7) is 2.05. The van der Waals surface area contributed by atoms with E-state index in [1.165, 1.54) is 42.0 Å². The van der Waals surface area contributed by atoms with Crippen molar-refractivity contribution in [1.29, 1.82) is 0 Å². The van der Waals surface area contributed by atoms with Gasteiger partial charge in [-0.25, -0.2) is 10.2 Å². The smallest absolute Gasteiger partial charge is 0.420 e. The average Bonchev–Trinajstić information content (AvgIpc) is 3.53. The molecular weight excluding hydrogens is 808 g/mol. The van der Waals surface area contributed by atoms with Crippen molar-refractivity contribution in [3.8, 4) is 23.0 Å². The van der Waals surface area contributed by atoms with Crippen LogP contribution >= 0.6 is 0 Å². The van der Waals surface area contributed by atoms with Gasteiger partial charge in [0, 0.05) is 42.0 Å². The zero-order chi connectivity index (χ0) is 44.2. The summed E-state index contributed by atoms with van der Waals surface area (Å²) in [5.41, 5.74) is 8.38. The number of amides is 1. The van der Waals surface area contributed by atoms with Gasteiger partial charge in [-0.1, -0.05) is 24.3 Å². The van der Waals surface area contributed by atoms with Crippen LogP contribution in [0.2, 0.25) is 0 Å². The number of fused-ring (bicyclic) bond motifs is 4. The second kappa shape index (κ2) is 16.5. The number of hydrazone groups is 1. The number of phenolic OH excluding ortho intramolecular Hbond substituents is 2. The SMILES string of the molecule is COc1cccc2c1C(=O)c1c(cc3c(c1O)[C@@H](O[C@@H]1C[C@H](N)[C@H](O)[C@H](C)O1)C[C@@](O)(/C(CO)=N\NC(=O)COc1ccc(Cn4c(=O)oc5ccc(C)cc54)cc1O)C3)C2=O. The van der Waals surface area contributed by atoms with Gasteiger partial charge in [0.2, 0.25) is 5.78 Å². The Morgan fingerprint density at radius 1 is 1.03 bits per heavy atom. The number of phenols is 2. The maximum atomic E-state index is 14.0. The highest BCUT2D eigenvalue weighted by molar-refractivity contribution is 6.30. The van der Waals surface area contributed by atoms with Crippen molar-refractivity contribution in [2.45, 2.75) is 75.9 Å². The fourth-order valence-corrected chi connectivity index (χ4v) is 8.42. The van der Waals surface area contributed by atoms with Crippen LogP contribution in [0.15, 0.2) is 75.0 Å². The fourth-order valence-electron chi connectivity index (χ4n) is 8.42. The number of methoxy groups -OCH3 is 1. The van der Waals surface area contributed by atoms with E-state index in [1.807, 2.05) is 19.1 Å². The maximum Gasteiger partial charge on any atom is 0.420 e. The fraction of sp³-hybridized carbons (Fsp3) is 0.341. The van der Waals surface area contributed by atoms with Crippen molar-refractivity contribution in [1.82, 2.24) is 9.99 Å². The van der Waals surface area contributed by atoms with Gasteiger partial charge in [-0.15, -0.1) is 0 Å². The summed E-state index contributed by atoms with van der Waals surface area (Å²) in [6.07, 6.45) is -4.83. The van der Waals surface area contributed by atoms with Crippen LogP contribution in [0, 0.1) is 6.92 Å². The van der Waals surface area contributed by atoms with Gasteiger partial charge in [0.1, 0.15) is 17.1 Å². The molecule has 18 nitrogen and oxygen atoms in total. The van der Waals surface area contributed by atoms with E-state index in [4.69, 9.17) is 29.1 Å². The predicted octanol–water partition coefficient (Wildman–Crippen LogP) is 2.25. The van der Waals surface area contributed by atoms with E-state index in [0.717, 1.165) is 5.56 Å². The second-order valence-electron chi connectivity index (χ2n) is 15.7. The van der Waals surface area contributed by atoms with Gasteiger partial charge < -0.3 is 54.6 Å². The highest BCUT2D eigenvalue weighted by Crippen LogP contribution is 2.49. The normalized spacial score (nSPS) is 23.4. The third-order valence-electron chi connectivity index (χ3n) is 11.6. The maximum absolute atomic E-state index is 14.0. The molecule has 1 aliphatic heterocycles. The molecule has 0 saturated carbocycles. The Hall–Kier alpha value is -6.41. The van der Waals surface area contributed by atoms with Crippen LogP contribution in [0.4, 0.5) is 0 Å². The van der Waals surface area contributed by atoms with Crippen LogP contribution in [0.1, 0.15) is 80.0 Å². The van der Waals surface area contributed by atoms with Crippen molar-refractivity contribution < 1.29 is 63.3 Å². The number of oxazole rings is 1. The zero-order valence-electron chi connectivity index (χ0n) is 33.8. The largest absolute Gasteiger partial charge is 0.507 e. The Morgan fingerprint density at radius 3 is 2.55 bits per heavy atom. The summed E-state index contributed by atoms with van der Waals surface area (Å²) in [7, 11) is 1.35. The first-order valence-electron chi connectivity index (χ1n) is 19.7. The number of rotatable bonds is 11. The quantitative estimate of drug-likeness (QED) is 0.0728. The van der Waals surface area contributed by atoms with Crippen molar-refractivity contribution in [3.05, 3.63) is 116 Å². The highest BCUT2D eigenvalue weighted by Gasteiger charge is 2.48. The molecule has 1 fully saturated rings. The van der Waals surface area contributed by atoms with E-state index in [9.17, 15) is 44.7 Å². The third kappa shape index (κ3) is 7.61. The first kappa shape index (κ1) is 42.3. The van der Waals surface area contributed by atoms with Crippen LogP contribution in [-0.2, 0) is 27.2 Å². The molecule has 0 unspecified atom stereocenters. The van der Waals surface area contributed by atoms with Crippen LogP contribution < -0.4 is 26.4 Å². The standard InChI is InChI=1S/C44H44N4O14/c1-20-7-9-29-27(11-20)48(43(56)62-29)17-22-8-10-30(28(50)12-22)59-19-34(51)47-46-33(18-49)44(57)15-23-13-25-38(42(55)37-24(40(25)53)5-4-6-31(37)58-3)41(54)36(23)32(16-44)61-35-14-26(45)39(52)21(2)60-35/h4-13,21,26,32,35,39,49-50,52,54,57H,14-19,45H2,1-3H3,(H,47,51)/b46-33-/t21-,26-,32-,35+,39+,44+/m0/s1. The summed E-state index contributed by atoms with van der Waals surface area (Å²) < 4.78 is 29.9. The molecule has 62 heavy (non-hydrogen) atoms. The predicted molar refractivity (Wildman–Crippen MR) is 219 cm³/mol. The number of hydrogen-bond donors (Lipinski definition) is 7. The van der Waals surface area contributed by atoms with Gasteiger partial charge in [-0.3, -0.25) is 19.0 Å². The number of aryl methyl sites for hydroxylation is 1. The van der Waals surface area contributed by atoms with E-state index in [-0.39, 0.29) is 75.7 Å². The van der Waals surface area contributed by atoms with E-state index in [2.05, 4.69) is 10.5 Å². The molecule has 6 atom stereocenters. The Labute approximate surface area is 352 Å². The topological polar surface area (TPSA) is 275 Å². The number of nitrogens with one attached hydrogen (secondary N) is 1. The number of nitrogens with two attached hydrogens (primary N) is 1. The molecule has 5 aromatic rings. The average molecular weight is 853 g/mol. The molecule has 8 rings (SSSR count). The molecule has 8 N–H and O–H groups in total.